The lowest BCUT2D eigenvalue weighted by molar-refractivity contribution is 0.415. The number of guanidine groups is 1. The number of fused-ring (bicyclic) bond motifs is 1. The van der Waals surface area contributed by atoms with Crippen LogP contribution in [0.25, 0.3) is 0 Å². The summed E-state index contributed by atoms with van der Waals surface area (Å²) in [6.07, 6.45) is 2.09. The van der Waals surface area contributed by atoms with Gasteiger partial charge in [-0.1, -0.05) is 11.6 Å². The Hall–Kier alpha value is -2.28. The summed E-state index contributed by atoms with van der Waals surface area (Å²) in [6.45, 7) is 1.35. The molecule has 0 saturated heterocycles. The van der Waals surface area contributed by atoms with E-state index >= 15 is 0 Å². The number of aromatic nitrogens is 3. The summed E-state index contributed by atoms with van der Waals surface area (Å²) in [5.41, 5.74) is 6.64. The summed E-state index contributed by atoms with van der Waals surface area (Å²) in [6, 6.07) is 5.32. The van der Waals surface area contributed by atoms with Crippen LogP contribution in [0.5, 0.6) is 5.75 Å². The van der Waals surface area contributed by atoms with Gasteiger partial charge in [-0.15, -0.1) is 10.2 Å². The summed E-state index contributed by atoms with van der Waals surface area (Å²) in [5.74, 6) is 2.78. The molecule has 2 heterocycles. The topological polar surface area (TPSA) is 90.3 Å². The van der Waals surface area contributed by atoms with Gasteiger partial charge in [0.2, 0.25) is 0 Å². The van der Waals surface area contributed by atoms with Crippen LogP contribution in [0, 0.1) is 0 Å². The summed E-state index contributed by atoms with van der Waals surface area (Å²) in [7, 11) is 1.57. The molecule has 7 nitrogen and oxygen atoms in total. The number of aryl methyl sites for hydroxylation is 1. The smallest absolute Gasteiger partial charge is 0.193 e. The lowest BCUT2D eigenvalue weighted by Crippen LogP contribution is -2.22. The van der Waals surface area contributed by atoms with Crippen molar-refractivity contribution in [1.82, 2.24) is 14.8 Å². The fraction of sp³-hybridized carbons (Fsp3) is 0.357. The molecule has 0 spiro atoms. The van der Waals surface area contributed by atoms with Crippen LogP contribution in [0.15, 0.2) is 23.2 Å². The quantitative estimate of drug-likeness (QED) is 0.662. The van der Waals surface area contributed by atoms with Crippen LogP contribution in [0.1, 0.15) is 18.1 Å². The van der Waals surface area contributed by atoms with Crippen molar-refractivity contribution in [1.29, 1.82) is 0 Å². The van der Waals surface area contributed by atoms with E-state index in [1.807, 2.05) is 6.07 Å². The van der Waals surface area contributed by atoms with E-state index in [1.165, 1.54) is 0 Å². The largest absolute Gasteiger partial charge is 0.495 e. The van der Waals surface area contributed by atoms with E-state index in [2.05, 4.69) is 25.1 Å². The Balaban J connectivity index is 1.66. The first kappa shape index (κ1) is 14.6. The molecule has 0 bridgehead atoms. The zero-order valence-electron chi connectivity index (χ0n) is 12.2. The summed E-state index contributed by atoms with van der Waals surface area (Å²) in [5, 5.41) is 11.8. The molecule has 1 aromatic carbocycles. The van der Waals surface area contributed by atoms with Gasteiger partial charge in [0.25, 0.3) is 0 Å². The van der Waals surface area contributed by atoms with E-state index in [1.54, 1.807) is 19.2 Å². The highest BCUT2D eigenvalue weighted by Gasteiger charge is 2.16. The van der Waals surface area contributed by atoms with Gasteiger partial charge in [-0.05, 0) is 24.6 Å². The van der Waals surface area contributed by atoms with E-state index in [-0.39, 0.29) is 0 Å². The van der Waals surface area contributed by atoms with Crippen molar-refractivity contribution in [2.45, 2.75) is 25.9 Å². The van der Waals surface area contributed by atoms with Crippen LogP contribution in [-0.2, 0) is 19.5 Å². The monoisotopic (exact) mass is 320 g/mol. The van der Waals surface area contributed by atoms with Crippen LogP contribution in [0.4, 0.5) is 5.69 Å². The fourth-order valence-electron chi connectivity index (χ4n) is 2.42. The molecule has 0 atom stereocenters. The fourth-order valence-corrected chi connectivity index (χ4v) is 2.67. The number of nitrogens with zero attached hydrogens (tertiary/aromatic N) is 4. The lowest BCUT2D eigenvalue weighted by Gasteiger charge is -2.08. The van der Waals surface area contributed by atoms with Crippen LogP contribution < -0.4 is 15.8 Å². The molecule has 1 aliphatic rings. The van der Waals surface area contributed by atoms with Crippen LogP contribution in [0.3, 0.4) is 0 Å². The van der Waals surface area contributed by atoms with Crippen molar-refractivity contribution < 1.29 is 4.74 Å². The molecule has 2 aromatic rings. The Morgan fingerprint density at radius 2 is 2.36 bits per heavy atom. The first-order valence-corrected chi connectivity index (χ1v) is 7.36. The van der Waals surface area contributed by atoms with Gasteiger partial charge in [0.05, 0.1) is 12.1 Å². The molecule has 22 heavy (non-hydrogen) atoms. The van der Waals surface area contributed by atoms with Gasteiger partial charge < -0.3 is 20.4 Å². The zero-order valence-corrected chi connectivity index (χ0v) is 13.0. The van der Waals surface area contributed by atoms with E-state index in [0.717, 1.165) is 36.7 Å². The Labute approximate surface area is 133 Å². The molecular formula is C14H17ClN6O. The summed E-state index contributed by atoms with van der Waals surface area (Å²) in [4.78, 5) is 4.30. The number of rotatable bonds is 4. The Bertz CT molecular complexity index is 711. The number of hydrogen-bond acceptors (Lipinski definition) is 4. The third-order valence-corrected chi connectivity index (χ3v) is 3.80. The molecule has 1 aliphatic heterocycles. The highest BCUT2D eigenvalue weighted by molar-refractivity contribution is 6.32. The molecule has 0 unspecified atom stereocenters. The van der Waals surface area contributed by atoms with Crippen molar-refractivity contribution in [3.63, 3.8) is 0 Å². The van der Waals surface area contributed by atoms with E-state index in [0.29, 0.717) is 23.3 Å². The van der Waals surface area contributed by atoms with Gasteiger partial charge >= 0.3 is 0 Å². The molecule has 0 fully saturated rings. The molecule has 0 amide bonds. The third kappa shape index (κ3) is 2.99. The number of ether oxygens (including phenoxy) is 1. The van der Waals surface area contributed by atoms with E-state index < -0.39 is 0 Å². The first-order valence-electron chi connectivity index (χ1n) is 6.99. The minimum atomic E-state index is 0.302. The maximum Gasteiger partial charge on any atom is 0.193 e. The number of aliphatic imine (C=N–C) groups is 1. The van der Waals surface area contributed by atoms with Gasteiger partial charge in [-0.3, -0.25) is 0 Å². The summed E-state index contributed by atoms with van der Waals surface area (Å²) >= 11 is 6.07. The first-order chi connectivity index (χ1) is 10.7. The maximum absolute atomic E-state index is 6.07. The van der Waals surface area contributed by atoms with Gasteiger partial charge in [-0.2, -0.15) is 0 Å². The number of benzene rings is 1. The lowest BCUT2D eigenvalue weighted by atomic mass is 10.3. The number of nitrogens with one attached hydrogen (secondary N) is 1. The van der Waals surface area contributed by atoms with Crippen molar-refractivity contribution in [2.75, 3.05) is 12.4 Å². The molecule has 0 radical (unpaired) electrons. The van der Waals surface area contributed by atoms with E-state index in [4.69, 9.17) is 22.1 Å². The minimum Gasteiger partial charge on any atom is -0.495 e. The second kappa shape index (κ2) is 6.23. The molecule has 116 valence electrons. The molecule has 1 aromatic heterocycles. The summed E-state index contributed by atoms with van der Waals surface area (Å²) < 4.78 is 7.20. The number of hydrogen-bond donors (Lipinski definition) is 2. The third-order valence-electron chi connectivity index (χ3n) is 3.50. The van der Waals surface area contributed by atoms with Gasteiger partial charge in [-0.25, -0.2) is 4.99 Å². The van der Waals surface area contributed by atoms with Crippen molar-refractivity contribution in [2.24, 2.45) is 10.7 Å². The van der Waals surface area contributed by atoms with Gasteiger partial charge in [0, 0.05) is 18.7 Å². The second-order valence-electron chi connectivity index (χ2n) is 4.96. The highest BCUT2D eigenvalue weighted by Crippen LogP contribution is 2.27. The predicted octanol–water partition coefficient (Wildman–Crippen LogP) is 1.81. The molecule has 0 saturated carbocycles. The van der Waals surface area contributed by atoms with Crippen LogP contribution in [0.2, 0.25) is 5.02 Å². The second-order valence-corrected chi connectivity index (χ2v) is 5.37. The average Bonchev–Trinajstić information content (AvgIpc) is 3.09. The molecular weight excluding hydrogens is 304 g/mol. The number of halogens is 1. The zero-order chi connectivity index (χ0) is 15.5. The van der Waals surface area contributed by atoms with Crippen molar-refractivity contribution in [3.05, 3.63) is 34.9 Å². The number of anilines is 1. The maximum atomic E-state index is 6.07. The Morgan fingerprint density at radius 1 is 1.50 bits per heavy atom. The van der Waals surface area contributed by atoms with Gasteiger partial charge in [0.1, 0.15) is 18.1 Å². The minimum absolute atomic E-state index is 0.302. The van der Waals surface area contributed by atoms with Crippen molar-refractivity contribution in [3.8, 4) is 5.75 Å². The van der Waals surface area contributed by atoms with Crippen LogP contribution in [-0.4, -0.2) is 27.8 Å². The highest BCUT2D eigenvalue weighted by atomic mass is 35.5. The van der Waals surface area contributed by atoms with Gasteiger partial charge in [0.15, 0.2) is 11.8 Å². The number of nitrogens with two attached hydrogens (primary N) is 1. The molecule has 0 aliphatic carbocycles. The standard InChI is InChI=1S/C14H17ClN6O/c1-22-11-5-4-9(7-10(11)15)18-14(16)17-8-13-20-19-12-3-2-6-21(12)13/h4-5,7H,2-3,6,8H2,1H3,(H3,16,17,18). The van der Waals surface area contributed by atoms with Crippen molar-refractivity contribution >= 4 is 23.2 Å². The Kier molecular flexibility index (Phi) is 4.15. The normalized spacial score (nSPS) is 14.0. The van der Waals surface area contributed by atoms with Crippen LogP contribution >= 0.6 is 11.6 Å². The van der Waals surface area contributed by atoms with E-state index in [9.17, 15) is 0 Å². The average molecular weight is 321 g/mol. The Morgan fingerprint density at radius 3 is 3.14 bits per heavy atom. The predicted molar refractivity (Wildman–Crippen MR) is 85.3 cm³/mol. The molecule has 3 N–H and O–H groups in total. The molecule has 8 heteroatoms. The number of methoxy groups -OCH3 is 1. The molecule has 3 rings (SSSR count). The SMILES string of the molecule is COc1ccc(NC(N)=NCc2nnc3n2CCC3)cc1Cl.